The van der Waals surface area contributed by atoms with Gasteiger partial charge in [-0.25, -0.2) is 4.99 Å². The van der Waals surface area contributed by atoms with Crippen molar-refractivity contribution in [1.82, 2.24) is 25.3 Å². The third-order valence-electron chi connectivity index (χ3n) is 4.57. The summed E-state index contributed by atoms with van der Waals surface area (Å²) in [5, 5.41) is 9.85. The van der Waals surface area contributed by atoms with Crippen LogP contribution in [0.2, 0.25) is 0 Å². The predicted octanol–water partition coefficient (Wildman–Crippen LogP) is 2.14. The molecule has 1 aromatic rings. The van der Waals surface area contributed by atoms with Gasteiger partial charge in [0.1, 0.15) is 0 Å². The molecule has 1 aliphatic heterocycles. The van der Waals surface area contributed by atoms with E-state index in [4.69, 9.17) is 0 Å². The maximum absolute atomic E-state index is 13.1. The SMILES string of the molecule is CCNC(=NCc1cn(C)nc1C(F)(F)F)NC1CCN(C(=O)C(C)C)CC1. The van der Waals surface area contributed by atoms with Crippen molar-refractivity contribution < 1.29 is 18.0 Å². The summed E-state index contributed by atoms with van der Waals surface area (Å²) in [6.45, 7) is 7.46. The Morgan fingerprint density at radius 2 is 2.00 bits per heavy atom. The number of likely N-dealkylation sites (tertiary alicyclic amines) is 1. The highest BCUT2D eigenvalue weighted by atomic mass is 19.4. The highest BCUT2D eigenvalue weighted by molar-refractivity contribution is 5.80. The largest absolute Gasteiger partial charge is 0.435 e. The van der Waals surface area contributed by atoms with Crippen molar-refractivity contribution in [2.75, 3.05) is 19.6 Å². The van der Waals surface area contributed by atoms with Gasteiger partial charge < -0.3 is 15.5 Å². The number of guanidine groups is 1. The Morgan fingerprint density at radius 1 is 1.36 bits per heavy atom. The molecule has 0 aliphatic carbocycles. The van der Waals surface area contributed by atoms with Crippen molar-refractivity contribution in [1.29, 1.82) is 0 Å². The van der Waals surface area contributed by atoms with Crippen LogP contribution in [-0.2, 0) is 24.6 Å². The number of aryl methyl sites for hydroxylation is 1. The van der Waals surface area contributed by atoms with E-state index in [0.29, 0.717) is 25.6 Å². The topological polar surface area (TPSA) is 74.6 Å². The number of hydrogen-bond donors (Lipinski definition) is 2. The molecular formula is C18H29F3N6O. The number of amides is 1. The lowest BCUT2D eigenvalue weighted by atomic mass is 10.0. The number of nitrogens with one attached hydrogen (secondary N) is 2. The molecule has 0 saturated carbocycles. The Kier molecular flexibility index (Phi) is 7.31. The van der Waals surface area contributed by atoms with E-state index in [2.05, 4.69) is 20.7 Å². The molecule has 7 nitrogen and oxygen atoms in total. The van der Waals surface area contributed by atoms with Crippen LogP contribution in [0.5, 0.6) is 0 Å². The molecule has 2 rings (SSSR count). The second-order valence-electron chi connectivity index (χ2n) is 7.27. The van der Waals surface area contributed by atoms with Crippen LogP contribution in [0.3, 0.4) is 0 Å². The number of rotatable bonds is 5. The number of aromatic nitrogens is 2. The zero-order chi connectivity index (χ0) is 20.9. The normalized spacial score (nSPS) is 16.6. The first-order valence-electron chi connectivity index (χ1n) is 9.55. The molecule has 2 N–H and O–H groups in total. The van der Waals surface area contributed by atoms with Crippen LogP contribution >= 0.6 is 0 Å². The Balaban J connectivity index is 2.00. The summed E-state index contributed by atoms with van der Waals surface area (Å²) in [5.74, 6) is 0.592. The van der Waals surface area contributed by atoms with Crippen molar-refractivity contribution >= 4 is 11.9 Å². The summed E-state index contributed by atoms with van der Waals surface area (Å²) >= 11 is 0. The third-order valence-corrected chi connectivity index (χ3v) is 4.57. The monoisotopic (exact) mass is 402 g/mol. The smallest absolute Gasteiger partial charge is 0.357 e. The van der Waals surface area contributed by atoms with Gasteiger partial charge in [-0.3, -0.25) is 9.48 Å². The molecule has 2 heterocycles. The first kappa shape index (κ1) is 22.0. The molecule has 0 unspecified atom stereocenters. The number of hydrogen-bond acceptors (Lipinski definition) is 3. The van der Waals surface area contributed by atoms with E-state index in [-0.39, 0.29) is 30.0 Å². The molecule has 1 aliphatic rings. The van der Waals surface area contributed by atoms with Gasteiger partial charge in [0.15, 0.2) is 11.7 Å². The van der Waals surface area contributed by atoms with Crippen molar-refractivity contribution in [2.45, 2.75) is 52.4 Å². The zero-order valence-electron chi connectivity index (χ0n) is 16.8. The molecule has 0 radical (unpaired) electrons. The minimum absolute atomic E-state index is 0.0225. The van der Waals surface area contributed by atoms with Gasteiger partial charge in [-0.2, -0.15) is 18.3 Å². The standard InChI is InChI=1S/C18H29F3N6O/c1-5-22-17(23-10-13-11-26(4)25-15(13)18(19,20)21)24-14-6-8-27(9-7-14)16(28)12(2)3/h11-12,14H,5-10H2,1-4H3,(H2,22,23,24). The van der Waals surface area contributed by atoms with Crippen LogP contribution in [0.1, 0.15) is 44.9 Å². The molecule has 0 bridgehead atoms. The Hall–Kier alpha value is -2.26. The average molecular weight is 402 g/mol. The summed E-state index contributed by atoms with van der Waals surface area (Å²) in [4.78, 5) is 18.2. The number of aliphatic imine (C=N–C) groups is 1. The van der Waals surface area contributed by atoms with Gasteiger partial charge in [-0.05, 0) is 19.8 Å². The van der Waals surface area contributed by atoms with Crippen LogP contribution in [0.15, 0.2) is 11.2 Å². The fraction of sp³-hybridized carbons (Fsp3) is 0.722. The van der Waals surface area contributed by atoms with E-state index in [1.807, 2.05) is 25.7 Å². The van der Waals surface area contributed by atoms with E-state index in [0.717, 1.165) is 17.5 Å². The fourth-order valence-electron chi connectivity index (χ4n) is 3.18. The summed E-state index contributed by atoms with van der Waals surface area (Å²) < 4.78 is 40.4. The van der Waals surface area contributed by atoms with Gasteiger partial charge in [-0.15, -0.1) is 0 Å². The van der Waals surface area contributed by atoms with E-state index >= 15 is 0 Å². The van der Waals surface area contributed by atoms with Gasteiger partial charge in [0, 0.05) is 50.4 Å². The molecule has 158 valence electrons. The van der Waals surface area contributed by atoms with Crippen molar-refractivity contribution in [3.63, 3.8) is 0 Å². The zero-order valence-corrected chi connectivity index (χ0v) is 16.8. The maximum atomic E-state index is 13.1. The molecule has 10 heteroatoms. The number of carbonyl (C=O) groups is 1. The summed E-state index contributed by atoms with van der Waals surface area (Å²) in [6.07, 6.45) is -1.63. The van der Waals surface area contributed by atoms with Gasteiger partial charge in [0.25, 0.3) is 0 Å². The molecule has 1 amide bonds. The first-order valence-corrected chi connectivity index (χ1v) is 9.55. The van der Waals surface area contributed by atoms with E-state index < -0.39 is 11.9 Å². The van der Waals surface area contributed by atoms with Crippen LogP contribution in [0, 0.1) is 5.92 Å². The second-order valence-corrected chi connectivity index (χ2v) is 7.27. The van der Waals surface area contributed by atoms with Crippen LogP contribution in [0.25, 0.3) is 0 Å². The average Bonchev–Trinajstić information content (AvgIpc) is 3.01. The highest BCUT2D eigenvalue weighted by Gasteiger charge is 2.36. The quantitative estimate of drug-likeness (QED) is 0.585. The number of nitrogens with zero attached hydrogens (tertiary/aromatic N) is 4. The number of halogens is 3. The lowest BCUT2D eigenvalue weighted by Gasteiger charge is -2.34. The Morgan fingerprint density at radius 3 is 2.54 bits per heavy atom. The minimum Gasteiger partial charge on any atom is -0.357 e. The second kappa shape index (κ2) is 9.29. The molecule has 1 fully saturated rings. The Bertz CT molecular complexity index is 690. The Labute approximate surface area is 163 Å². The molecule has 1 aromatic heterocycles. The van der Waals surface area contributed by atoms with Crippen molar-refractivity contribution in [3.8, 4) is 0 Å². The number of carbonyl (C=O) groups excluding carboxylic acids is 1. The van der Waals surface area contributed by atoms with Crippen LogP contribution in [-0.4, -0.2) is 52.2 Å². The van der Waals surface area contributed by atoms with Gasteiger partial charge in [0.2, 0.25) is 5.91 Å². The van der Waals surface area contributed by atoms with E-state index in [1.54, 1.807) is 0 Å². The molecule has 1 saturated heterocycles. The highest BCUT2D eigenvalue weighted by Crippen LogP contribution is 2.30. The summed E-state index contributed by atoms with van der Waals surface area (Å²) in [5.41, 5.74) is -0.875. The summed E-state index contributed by atoms with van der Waals surface area (Å²) in [7, 11) is 1.46. The third kappa shape index (κ3) is 5.87. The van der Waals surface area contributed by atoms with E-state index in [1.165, 1.54) is 13.2 Å². The number of alkyl halides is 3. The molecule has 0 aromatic carbocycles. The molecule has 28 heavy (non-hydrogen) atoms. The lowest BCUT2D eigenvalue weighted by molar-refractivity contribution is -0.142. The number of piperidine rings is 1. The van der Waals surface area contributed by atoms with Gasteiger partial charge in [0.05, 0.1) is 6.54 Å². The van der Waals surface area contributed by atoms with E-state index in [9.17, 15) is 18.0 Å². The van der Waals surface area contributed by atoms with Crippen LogP contribution in [0.4, 0.5) is 13.2 Å². The fourth-order valence-corrected chi connectivity index (χ4v) is 3.18. The van der Waals surface area contributed by atoms with Crippen molar-refractivity contribution in [3.05, 3.63) is 17.5 Å². The molecule has 0 atom stereocenters. The molecular weight excluding hydrogens is 373 g/mol. The molecule has 0 spiro atoms. The predicted molar refractivity (Wildman–Crippen MR) is 101 cm³/mol. The van der Waals surface area contributed by atoms with Crippen molar-refractivity contribution in [2.24, 2.45) is 18.0 Å². The lowest BCUT2D eigenvalue weighted by Crippen LogP contribution is -2.50. The first-order chi connectivity index (χ1) is 13.1. The van der Waals surface area contributed by atoms with Gasteiger partial charge in [-0.1, -0.05) is 13.8 Å². The van der Waals surface area contributed by atoms with Gasteiger partial charge >= 0.3 is 6.18 Å². The summed E-state index contributed by atoms with van der Waals surface area (Å²) in [6, 6.07) is 0.116. The van der Waals surface area contributed by atoms with Crippen LogP contribution < -0.4 is 10.6 Å². The maximum Gasteiger partial charge on any atom is 0.435 e. The minimum atomic E-state index is -4.51.